The maximum Gasteiger partial charge on any atom is 0.407 e. The van der Waals surface area contributed by atoms with Gasteiger partial charge in [0.2, 0.25) is 0 Å². The fraction of sp³-hybridized carbons (Fsp3) is 0.400. The van der Waals surface area contributed by atoms with Crippen molar-refractivity contribution in [3.05, 3.63) is 59.7 Å². The van der Waals surface area contributed by atoms with Crippen molar-refractivity contribution in [1.29, 1.82) is 0 Å². The van der Waals surface area contributed by atoms with Crippen molar-refractivity contribution in [2.75, 3.05) is 40.0 Å². The summed E-state index contributed by atoms with van der Waals surface area (Å²) in [6.45, 7) is 0.280. The fourth-order valence-corrected chi connectivity index (χ4v) is 4.66. The largest absolute Gasteiger partial charge is 0.479 e. The fourth-order valence-electron chi connectivity index (χ4n) is 4.66. The molecule has 9 nitrogen and oxygen atoms in total. The maximum absolute atomic E-state index is 13.0. The maximum atomic E-state index is 13.0. The minimum absolute atomic E-state index is 0.0344. The van der Waals surface area contributed by atoms with Crippen molar-refractivity contribution in [1.82, 2.24) is 10.4 Å². The molecule has 2 aliphatic rings. The molecule has 1 aliphatic heterocycles. The first-order chi connectivity index (χ1) is 16.4. The molecule has 2 N–H and O–H groups in total. The normalized spacial score (nSPS) is 16.3. The van der Waals surface area contributed by atoms with Gasteiger partial charge in [-0.3, -0.25) is 9.63 Å². The molecule has 0 aromatic heterocycles. The molecule has 0 radical (unpaired) electrons. The zero-order valence-corrected chi connectivity index (χ0v) is 19.0. The molecule has 34 heavy (non-hydrogen) atoms. The van der Waals surface area contributed by atoms with E-state index in [1.165, 1.54) is 7.05 Å². The van der Waals surface area contributed by atoms with E-state index < -0.39 is 30.0 Å². The Hall–Kier alpha value is -3.43. The number of nitrogens with zero attached hydrogens (tertiary/aromatic N) is 1. The minimum atomic E-state index is -1.18. The number of amides is 2. The zero-order valence-electron chi connectivity index (χ0n) is 19.0. The third-order valence-corrected chi connectivity index (χ3v) is 6.49. The van der Waals surface area contributed by atoms with Crippen LogP contribution >= 0.6 is 0 Å². The van der Waals surface area contributed by atoms with Gasteiger partial charge in [-0.05, 0) is 35.1 Å². The molecule has 1 aliphatic carbocycles. The summed E-state index contributed by atoms with van der Waals surface area (Å²) >= 11 is 0. The van der Waals surface area contributed by atoms with Crippen LogP contribution in [0.5, 0.6) is 0 Å². The number of alkyl carbamates (subject to hydrolysis) is 1. The van der Waals surface area contributed by atoms with Gasteiger partial charge in [-0.2, -0.15) is 0 Å². The van der Waals surface area contributed by atoms with Gasteiger partial charge in [-0.1, -0.05) is 48.5 Å². The van der Waals surface area contributed by atoms with E-state index in [-0.39, 0.29) is 19.1 Å². The van der Waals surface area contributed by atoms with Crippen LogP contribution in [0.25, 0.3) is 11.1 Å². The number of carboxylic acids is 1. The summed E-state index contributed by atoms with van der Waals surface area (Å²) in [7, 11) is 1.37. The summed E-state index contributed by atoms with van der Waals surface area (Å²) in [6.07, 6.45) is 0.127. The second-order valence-corrected chi connectivity index (χ2v) is 8.54. The Labute approximate surface area is 197 Å². The lowest BCUT2D eigenvalue weighted by Gasteiger charge is -2.37. The summed E-state index contributed by atoms with van der Waals surface area (Å²) in [6, 6.07) is 16.2. The van der Waals surface area contributed by atoms with Crippen molar-refractivity contribution in [2.45, 2.75) is 18.8 Å². The summed E-state index contributed by atoms with van der Waals surface area (Å²) in [5.74, 6) is -1.65. The summed E-state index contributed by atoms with van der Waals surface area (Å²) < 4.78 is 11.0. The Kier molecular flexibility index (Phi) is 7.14. The number of rotatable bonds is 8. The standard InChI is InChI=1S/C25H28N2O7/c1-27(34-15-22(28)29)23(30)25(10-12-32-13-11-25)16-26-24(31)33-14-21-19-8-4-2-6-17(19)18-7-3-5-9-20(18)21/h2-9,21H,10-16H2,1H3,(H,26,31)(H,28,29). The Morgan fingerprint density at radius 2 is 1.65 bits per heavy atom. The lowest BCUT2D eigenvalue weighted by atomic mass is 9.79. The number of benzene rings is 2. The predicted octanol–water partition coefficient (Wildman–Crippen LogP) is 2.80. The molecule has 0 spiro atoms. The van der Waals surface area contributed by atoms with Gasteiger partial charge in [-0.15, -0.1) is 0 Å². The first-order valence-corrected chi connectivity index (χ1v) is 11.2. The third-order valence-electron chi connectivity index (χ3n) is 6.49. The molecule has 2 amide bonds. The first kappa shape index (κ1) is 23.7. The molecule has 0 atom stereocenters. The molecule has 9 heteroatoms. The average molecular weight is 469 g/mol. The smallest absolute Gasteiger partial charge is 0.407 e. The molecule has 1 saturated heterocycles. The van der Waals surface area contributed by atoms with Gasteiger partial charge in [0.05, 0.1) is 5.41 Å². The van der Waals surface area contributed by atoms with E-state index in [9.17, 15) is 14.4 Å². The number of carbonyl (C=O) groups excluding carboxylic acids is 2. The number of carboxylic acid groups (broad SMARTS) is 1. The molecule has 2 aromatic rings. The number of hydrogen-bond acceptors (Lipinski definition) is 6. The van der Waals surface area contributed by atoms with Gasteiger partial charge in [-0.25, -0.2) is 14.7 Å². The van der Waals surface area contributed by atoms with Gasteiger partial charge in [0.1, 0.15) is 6.61 Å². The van der Waals surface area contributed by atoms with Crippen LogP contribution in [0.15, 0.2) is 48.5 Å². The van der Waals surface area contributed by atoms with Crippen molar-refractivity contribution in [3.8, 4) is 11.1 Å². The molecule has 180 valence electrons. The van der Waals surface area contributed by atoms with E-state index in [1.807, 2.05) is 36.4 Å². The summed E-state index contributed by atoms with van der Waals surface area (Å²) in [4.78, 5) is 41.5. The molecular weight excluding hydrogens is 440 g/mol. The highest BCUT2D eigenvalue weighted by atomic mass is 16.7. The van der Waals surface area contributed by atoms with Gasteiger partial charge in [0.25, 0.3) is 5.91 Å². The predicted molar refractivity (Wildman–Crippen MR) is 122 cm³/mol. The Morgan fingerprint density at radius 3 is 2.24 bits per heavy atom. The van der Waals surface area contributed by atoms with Crippen LogP contribution in [-0.4, -0.2) is 68.2 Å². The number of hydrogen-bond donors (Lipinski definition) is 2. The number of carbonyl (C=O) groups is 3. The van der Waals surface area contributed by atoms with E-state index >= 15 is 0 Å². The topological polar surface area (TPSA) is 114 Å². The molecule has 1 heterocycles. The van der Waals surface area contributed by atoms with Crippen molar-refractivity contribution in [2.24, 2.45) is 5.41 Å². The van der Waals surface area contributed by atoms with Crippen molar-refractivity contribution in [3.63, 3.8) is 0 Å². The Balaban J connectivity index is 1.38. The highest BCUT2D eigenvalue weighted by molar-refractivity contribution is 5.83. The Morgan fingerprint density at radius 1 is 1.06 bits per heavy atom. The van der Waals surface area contributed by atoms with Gasteiger partial charge in [0, 0.05) is 32.7 Å². The van der Waals surface area contributed by atoms with Crippen LogP contribution in [0.4, 0.5) is 4.79 Å². The van der Waals surface area contributed by atoms with Gasteiger partial charge >= 0.3 is 12.1 Å². The quantitative estimate of drug-likeness (QED) is 0.573. The van der Waals surface area contributed by atoms with E-state index in [0.29, 0.717) is 26.1 Å². The second-order valence-electron chi connectivity index (χ2n) is 8.54. The van der Waals surface area contributed by atoms with Crippen LogP contribution in [0.3, 0.4) is 0 Å². The van der Waals surface area contributed by atoms with Crippen LogP contribution in [-0.2, 0) is 23.9 Å². The third kappa shape index (κ3) is 4.90. The lowest BCUT2D eigenvalue weighted by molar-refractivity contribution is -0.198. The van der Waals surface area contributed by atoms with E-state index in [0.717, 1.165) is 27.3 Å². The van der Waals surface area contributed by atoms with Crippen molar-refractivity contribution < 1.29 is 33.8 Å². The second kappa shape index (κ2) is 10.2. The van der Waals surface area contributed by atoms with Gasteiger partial charge in [0.15, 0.2) is 6.61 Å². The minimum Gasteiger partial charge on any atom is -0.479 e. The summed E-state index contributed by atoms with van der Waals surface area (Å²) in [5.41, 5.74) is 3.55. The zero-order chi connectivity index (χ0) is 24.1. The molecular formula is C25H28N2O7. The molecule has 1 fully saturated rings. The molecule has 4 rings (SSSR count). The number of ether oxygens (including phenoxy) is 2. The van der Waals surface area contributed by atoms with Crippen LogP contribution in [0, 0.1) is 5.41 Å². The van der Waals surface area contributed by atoms with Crippen molar-refractivity contribution >= 4 is 18.0 Å². The highest BCUT2D eigenvalue weighted by Gasteiger charge is 2.43. The van der Waals surface area contributed by atoms with Crippen LogP contribution in [0.2, 0.25) is 0 Å². The number of fused-ring (bicyclic) bond motifs is 3. The van der Waals surface area contributed by atoms with Crippen LogP contribution in [0.1, 0.15) is 29.9 Å². The molecule has 0 bridgehead atoms. The number of nitrogens with one attached hydrogen (secondary N) is 1. The van der Waals surface area contributed by atoms with E-state index in [2.05, 4.69) is 17.4 Å². The number of hydroxylamine groups is 2. The van der Waals surface area contributed by atoms with Gasteiger partial charge < -0.3 is 19.9 Å². The lowest BCUT2D eigenvalue weighted by Crippen LogP contribution is -2.52. The highest BCUT2D eigenvalue weighted by Crippen LogP contribution is 2.44. The molecule has 0 unspecified atom stereocenters. The van der Waals surface area contributed by atoms with E-state index in [4.69, 9.17) is 19.4 Å². The van der Waals surface area contributed by atoms with Crippen LogP contribution < -0.4 is 5.32 Å². The number of aliphatic carboxylic acids is 1. The SMILES string of the molecule is CN(OCC(=O)O)C(=O)C1(CNC(=O)OCC2c3ccccc3-c3ccccc32)CCOCC1. The molecule has 0 saturated carbocycles. The Bertz CT molecular complexity index is 1020. The first-order valence-electron chi connectivity index (χ1n) is 11.2. The summed E-state index contributed by atoms with van der Waals surface area (Å²) in [5, 5.41) is 12.5. The average Bonchev–Trinajstić information content (AvgIpc) is 3.18. The monoisotopic (exact) mass is 468 g/mol. The van der Waals surface area contributed by atoms with E-state index in [1.54, 1.807) is 0 Å². The molecule has 2 aromatic carbocycles.